The van der Waals surface area contributed by atoms with E-state index >= 15 is 0 Å². The standard InChI is InChI=1S/C25H31NO5/c1-5-7-12-30-22-10-8-20(16-23(22)29-6-2)9-11-25(28)31-17-24(27)26-21-14-18(3)13-19(4)15-21/h8-11,13-16H,5-7,12,17H2,1-4H3,(H,26,27)/b11-9+. The summed E-state index contributed by atoms with van der Waals surface area (Å²) in [5.41, 5.74) is 3.54. The number of unbranched alkanes of at least 4 members (excludes halogenated alkanes) is 1. The van der Waals surface area contributed by atoms with E-state index in [2.05, 4.69) is 12.2 Å². The normalized spacial score (nSPS) is 10.7. The Morgan fingerprint density at radius 2 is 1.71 bits per heavy atom. The first-order chi connectivity index (χ1) is 14.9. The van der Waals surface area contributed by atoms with Crippen LogP contribution in [0, 0.1) is 13.8 Å². The molecule has 31 heavy (non-hydrogen) atoms. The number of esters is 1. The monoisotopic (exact) mass is 425 g/mol. The number of rotatable bonds is 11. The van der Waals surface area contributed by atoms with Crippen molar-refractivity contribution < 1.29 is 23.8 Å². The van der Waals surface area contributed by atoms with Crippen LogP contribution in [0.15, 0.2) is 42.5 Å². The minimum Gasteiger partial charge on any atom is -0.490 e. The third kappa shape index (κ3) is 8.54. The zero-order chi connectivity index (χ0) is 22.6. The molecule has 0 unspecified atom stereocenters. The van der Waals surface area contributed by atoms with Crippen molar-refractivity contribution >= 4 is 23.6 Å². The van der Waals surface area contributed by atoms with Crippen molar-refractivity contribution in [3.8, 4) is 11.5 Å². The quantitative estimate of drug-likeness (QED) is 0.309. The molecule has 2 aromatic carbocycles. The average molecular weight is 426 g/mol. The Labute approximate surface area is 184 Å². The maximum absolute atomic E-state index is 12.0. The molecule has 0 heterocycles. The van der Waals surface area contributed by atoms with Gasteiger partial charge in [-0.05, 0) is 74.2 Å². The van der Waals surface area contributed by atoms with Gasteiger partial charge in [0, 0.05) is 11.8 Å². The number of carbonyl (C=O) groups excluding carboxylic acids is 2. The van der Waals surface area contributed by atoms with E-state index in [0.717, 1.165) is 29.5 Å². The van der Waals surface area contributed by atoms with E-state index in [0.29, 0.717) is 30.4 Å². The largest absolute Gasteiger partial charge is 0.490 e. The van der Waals surface area contributed by atoms with Gasteiger partial charge in [0.25, 0.3) is 5.91 Å². The molecule has 0 aliphatic heterocycles. The van der Waals surface area contributed by atoms with Gasteiger partial charge in [0.05, 0.1) is 13.2 Å². The second-order valence-corrected chi connectivity index (χ2v) is 7.21. The highest BCUT2D eigenvalue weighted by Crippen LogP contribution is 2.29. The van der Waals surface area contributed by atoms with Gasteiger partial charge in [0.15, 0.2) is 18.1 Å². The molecule has 2 aromatic rings. The molecule has 0 aromatic heterocycles. The predicted molar refractivity (Wildman–Crippen MR) is 123 cm³/mol. The SMILES string of the molecule is CCCCOc1ccc(/C=C/C(=O)OCC(=O)Nc2cc(C)cc(C)c2)cc1OCC. The highest BCUT2D eigenvalue weighted by molar-refractivity contribution is 5.94. The van der Waals surface area contributed by atoms with E-state index in [1.54, 1.807) is 12.1 Å². The summed E-state index contributed by atoms with van der Waals surface area (Å²) in [5.74, 6) is 0.316. The highest BCUT2D eigenvalue weighted by Gasteiger charge is 2.08. The summed E-state index contributed by atoms with van der Waals surface area (Å²) in [6, 6.07) is 11.2. The summed E-state index contributed by atoms with van der Waals surface area (Å²) in [6.07, 6.45) is 4.92. The van der Waals surface area contributed by atoms with Crippen molar-refractivity contribution in [1.82, 2.24) is 0 Å². The lowest BCUT2D eigenvalue weighted by molar-refractivity contribution is -0.142. The predicted octanol–water partition coefficient (Wildman–Crippen LogP) is 5.08. The number of ether oxygens (including phenoxy) is 3. The lowest BCUT2D eigenvalue weighted by Gasteiger charge is -2.12. The summed E-state index contributed by atoms with van der Waals surface area (Å²) in [4.78, 5) is 24.0. The number of amides is 1. The third-order valence-corrected chi connectivity index (χ3v) is 4.29. The van der Waals surface area contributed by atoms with Crippen molar-refractivity contribution in [3.63, 3.8) is 0 Å². The first kappa shape index (κ1) is 24.0. The van der Waals surface area contributed by atoms with Crippen LogP contribution in [-0.4, -0.2) is 31.7 Å². The Morgan fingerprint density at radius 3 is 2.39 bits per heavy atom. The van der Waals surface area contributed by atoms with Gasteiger partial charge in [0.2, 0.25) is 0 Å². The van der Waals surface area contributed by atoms with E-state index in [9.17, 15) is 9.59 Å². The average Bonchev–Trinajstić information content (AvgIpc) is 2.71. The van der Waals surface area contributed by atoms with E-state index in [4.69, 9.17) is 14.2 Å². The Balaban J connectivity index is 1.89. The van der Waals surface area contributed by atoms with E-state index in [-0.39, 0.29) is 12.5 Å². The molecule has 0 aliphatic rings. The van der Waals surface area contributed by atoms with Gasteiger partial charge < -0.3 is 19.5 Å². The molecule has 0 saturated heterocycles. The van der Waals surface area contributed by atoms with E-state index < -0.39 is 5.97 Å². The smallest absolute Gasteiger partial charge is 0.331 e. The first-order valence-corrected chi connectivity index (χ1v) is 10.5. The molecular weight excluding hydrogens is 394 g/mol. The Bertz CT molecular complexity index is 900. The summed E-state index contributed by atoms with van der Waals surface area (Å²) in [5, 5.41) is 2.73. The molecular formula is C25H31NO5. The molecule has 0 radical (unpaired) electrons. The fourth-order valence-corrected chi connectivity index (χ4v) is 2.94. The van der Waals surface area contributed by atoms with E-state index in [1.165, 1.54) is 6.08 Å². The number of anilines is 1. The van der Waals surface area contributed by atoms with Crippen molar-refractivity contribution in [3.05, 3.63) is 59.2 Å². The maximum Gasteiger partial charge on any atom is 0.331 e. The lowest BCUT2D eigenvalue weighted by Crippen LogP contribution is -2.20. The van der Waals surface area contributed by atoms with Crippen molar-refractivity contribution in [1.29, 1.82) is 0 Å². The maximum atomic E-state index is 12.0. The summed E-state index contributed by atoms with van der Waals surface area (Å²) >= 11 is 0. The van der Waals surface area contributed by atoms with Gasteiger partial charge in [-0.2, -0.15) is 0 Å². The van der Waals surface area contributed by atoms with Crippen molar-refractivity contribution in [2.45, 2.75) is 40.5 Å². The van der Waals surface area contributed by atoms with Gasteiger partial charge in [-0.3, -0.25) is 4.79 Å². The molecule has 0 aliphatic carbocycles. The lowest BCUT2D eigenvalue weighted by atomic mass is 10.1. The number of aryl methyl sites for hydroxylation is 2. The summed E-state index contributed by atoms with van der Waals surface area (Å²) in [6.45, 7) is 8.69. The fraction of sp³-hybridized carbons (Fsp3) is 0.360. The van der Waals surface area contributed by atoms with Crippen LogP contribution in [0.5, 0.6) is 11.5 Å². The topological polar surface area (TPSA) is 73.9 Å². The molecule has 0 bridgehead atoms. The van der Waals surface area contributed by atoms with Crippen LogP contribution in [0.1, 0.15) is 43.4 Å². The van der Waals surface area contributed by atoms with Crippen LogP contribution in [-0.2, 0) is 14.3 Å². The molecule has 2 rings (SSSR count). The number of hydrogen-bond donors (Lipinski definition) is 1. The van der Waals surface area contributed by atoms with Crippen LogP contribution in [0.4, 0.5) is 5.69 Å². The molecule has 0 atom stereocenters. The Hall–Kier alpha value is -3.28. The molecule has 1 N–H and O–H groups in total. The van der Waals surface area contributed by atoms with Gasteiger partial charge >= 0.3 is 5.97 Å². The Morgan fingerprint density at radius 1 is 0.968 bits per heavy atom. The van der Waals surface area contributed by atoms with Crippen LogP contribution in [0.3, 0.4) is 0 Å². The highest BCUT2D eigenvalue weighted by atomic mass is 16.5. The Kier molecular flexibility index (Phi) is 9.62. The molecule has 6 nitrogen and oxygen atoms in total. The molecule has 166 valence electrons. The number of hydrogen-bond acceptors (Lipinski definition) is 5. The van der Waals surface area contributed by atoms with Crippen molar-refractivity contribution in [2.24, 2.45) is 0 Å². The second kappa shape index (κ2) is 12.4. The molecule has 0 fully saturated rings. The summed E-state index contributed by atoms with van der Waals surface area (Å²) in [7, 11) is 0. The van der Waals surface area contributed by atoms with Gasteiger partial charge in [-0.1, -0.05) is 25.5 Å². The third-order valence-electron chi connectivity index (χ3n) is 4.29. The summed E-state index contributed by atoms with van der Waals surface area (Å²) < 4.78 is 16.4. The number of benzene rings is 2. The van der Waals surface area contributed by atoms with Crippen LogP contribution >= 0.6 is 0 Å². The minimum atomic E-state index is -0.600. The van der Waals surface area contributed by atoms with Crippen LogP contribution in [0.2, 0.25) is 0 Å². The zero-order valence-electron chi connectivity index (χ0n) is 18.7. The van der Waals surface area contributed by atoms with Crippen LogP contribution < -0.4 is 14.8 Å². The van der Waals surface area contributed by atoms with Gasteiger partial charge in [-0.25, -0.2) is 4.79 Å². The zero-order valence-corrected chi connectivity index (χ0v) is 18.7. The first-order valence-electron chi connectivity index (χ1n) is 10.5. The molecule has 6 heteroatoms. The molecule has 1 amide bonds. The number of carbonyl (C=O) groups is 2. The second-order valence-electron chi connectivity index (χ2n) is 7.21. The van der Waals surface area contributed by atoms with Gasteiger partial charge in [-0.15, -0.1) is 0 Å². The fourth-order valence-electron chi connectivity index (χ4n) is 2.94. The van der Waals surface area contributed by atoms with Crippen LogP contribution in [0.25, 0.3) is 6.08 Å². The molecule has 0 saturated carbocycles. The van der Waals surface area contributed by atoms with E-state index in [1.807, 2.05) is 51.1 Å². The van der Waals surface area contributed by atoms with Gasteiger partial charge in [0.1, 0.15) is 0 Å². The number of nitrogens with one attached hydrogen (secondary N) is 1. The van der Waals surface area contributed by atoms with Crippen molar-refractivity contribution in [2.75, 3.05) is 25.1 Å². The molecule has 0 spiro atoms. The minimum absolute atomic E-state index is 0.357.